The van der Waals surface area contributed by atoms with E-state index in [1.807, 2.05) is 6.07 Å². The lowest BCUT2D eigenvalue weighted by atomic mass is 10.2. The summed E-state index contributed by atoms with van der Waals surface area (Å²) in [7, 11) is 0. The van der Waals surface area contributed by atoms with Crippen LogP contribution in [-0.2, 0) is 4.74 Å². The molecule has 1 N–H and O–H groups in total. The van der Waals surface area contributed by atoms with Crippen molar-refractivity contribution in [3.8, 4) is 0 Å². The summed E-state index contributed by atoms with van der Waals surface area (Å²) in [5, 5.41) is 5.63. The van der Waals surface area contributed by atoms with Gasteiger partial charge in [-0.25, -0.2) is 4.79 Å². The molecule has 1 heterocycles. The first-order valence-corrected chi connectivity index (χ1v) is 8.27. The Kier molecular flexibility index (Phi) is 5.77. The number of nitrogens with zero attached hydrogens (tertiary/aromatic N) is 3. The van der Waals surface area contributed by atoms with Gasteiger partial charge in [-0.05, 0) is 50.7 Å². The predicted octanol–water partition coefficient (Wildman–Crippen LogP) is 3.57. The zero-order valence-corrected chi connectivity index (χ0v) is 14.8. The van der Waals surface area contributed by atoms with Gasteiger partial charge in [0, 0.05) is 31.9 Å². The molecule has 0 aliphatic carbocycles. The number of carbonyl (C=O) groups excluding carboxylic acids is 1. The van der Waals surface area contributed by atoms with Gasteiger partial charge < -0.3 is 14.5 Å². The van der Waals surface area contributed by atoms with Gasteiger partial charge in [0.1, 0.15) is 11.3 Å². The molecule has 0 bridgehead atoms. The Morgan fingerprint density at radius 1 is 1.25 bits per heavy atom. The number of amides is 1. The molecule has 0 saturated carbocycles. The van der Waals surface area contributed by atoms with Crippen LogP contribution in [-0.4, -0.2) is 49.3 Å². The molecular formula is C17H26N4O3. The second-order valence-electron chi connectivity index (χ2n) is 6.84. The summed E-state index contributed by atoms with van der Waals surface area (Å²) >= 11 is 0. The number of hydrogen-bond acceptors (Lipinski definition) is 6. The largest absolute Gasteiger partial charge is 0.444 e. The molecule has 0 unspecified atom stereocenters. The molecular weight excluding hydrogens is 308 g/mol. The number of benzene rings is 1. The average molecular weight is 334 g/mol. The molecule has 0 atom stereocenters. The summed E-state index contributed by atoms with van der Waals surface area (Å²) in [4.78, 5) is 27.6. The lowest BCUT2D eigenvalue weighted by molar-refractivity contribution is 0.0636. The molecule has 0 radical (unpaired) electrons. The Morgan fingerprint density at radius 2 is 1.92 bits per heavy atom. The van der Waals surface area contributed by atoms with E-state index in [0.717, 1.165) is 38.4 Å². The van der Waals surface area contributed by atoms with E-state index in [9.17, 15) is 9.70 Å². The van der Waals surface area contributed by atoms with E-state index < -0.39 is 11.7 Å². The first kappa shape index (κ1) is 18.2. The van der Waals surface area contributed by atoms with Crippen molar-refractivity contribution in [1.29, 1.82) is 0 Å². The van der Waals surface area contributed by atoms with E-state index in [0.29, 0.717) is 5.69 Å². The van der Waals surface area contributed by atoms with E-state index in [1.54, 1.807) is 32.9 Å². The fourth-order valence-corrected chi connectivity index (χ4v) is 2.63. The van der Waals surface area contributed by atoms with Gasteiger partial charge in [-0.1, -0.05) is 6.92 Å². The van der Waals surface area contributed by atoms with Crippen molar-refractivity contribution >= 4 is 23.2 Å². The third-order valence-electron chi connectivity index (χ3n) is 3.90. The first-order chi connectivity index (χ1) is 11.3. The maximum absolute atomic E-state index is 11.9. The normalized spacial score (nSPS) is 15.9. The van der Waals surface area contributed by atoms with Crippen molar-refractivity contribution in [3.63, 3.8) is 0 Å². The zero-order valence-electron chi connectivity index (χ0n) is 14.8. The Morgan fingerprint density at radius 3 is 2.46 bits per heavy atom. The molecule has 1 amide bonds. The summed E-state index contributed by atoms with van der Waals surface area (Å²) in [6, 6.07) is 5.30. The summed E-state index contributed by atoms with van der Waals surface area (Å²) < 4.78 is 5.20. The van der Waals surface area contributed by atoms with Gasteiger partial charge in [0.15, 0.2) is 0 Å². The van der Waals surface area contributed by atoms with E-state index in [1.165, 1.54) is 0 Å². The van der Waals surface area contributed by atoms with Crippen LogP contribution >= 0.6 is 0 Å². The number of likely N-dealkylation sites (N-methyl/N-ethyl adjacent to an activating group) is 1. The molecule has 1 fully saturated rings. The molecule has 132 valence electrons. The third kappa shape index (κ3) is 4.92. The number of ether oxygens (including phenoxy) is 1. The predicted molar refractivity (Wildman–Crippen MR) is 96.1 cm³/mol. The molecule has 7 heteroatoms. The van der Waals surface area contributed by atoms with Crippen LogP contribution in [0.3, 0.4) is 0 Å². The van der Waals surface area contributed by atoms with Crippen LogP contribution < -0.4 is 10.2 Å². The van der Waals surface area contributed by atoms with Gasteiger partial charge in [0.05, 0.1) is 5.69 Å². The molecule has 7 nitrogen and oxygen atoms in total. The zero-order chi connectivity index (χ0) is 17.7. The second kappa shape index (κ2) is 7.61. The minimum atomic E-state index is -0.600. The molecule has 1 aliphatic rings. The van der Waals surface area contributed by atoms with E-state index in [2.05, 4.69) is 27.2 Å². The van der Waals surface area contributed by atoms with Crippen LogP contribution in [0.1, 0.15) is 27.7 Å². The van der Waals surface area contributed by atoms with E-state index in [-0.39, 0.29) is 5.69 Å². The highest BCUT2D eigenvalue weighted by Crippen LogP contribution is 2.31. The van der Waals surface area contributed by atoms with Gasteiger partial charge in [-0.3, -0.25) is 5.32 Å². The van der Waals surface area contributed by atoms with Gasteiger partial charge >= 0.3 is 6.09 Å². The number of carbonyl (C=O) groups is 1. The molecule has 0 spiro atoms. The Balaban J connectivity index is 2.08. The van der Waals surface area contributed by atoms with Crippen LogP contribution in [0.15, 0.2) is 23.4 Å². The number of piperazine rings is 1. The summed E-state index contributed by atoms with van der Waals surface area (Å²) in [6.45, 7) is 12.4. The van der Waals surface area contributed by atoms with Crippen molar-refractivity contribution < 1.29 is 9.53 Å². The minimum absolute atomic E-state index is 0.205. The van der Waals surface area contributed by atoms with Gasteiger partial charge in [0.2, 0.25) is 0 Å². The minimum Gasteiger partial charge on any atom is -0.444 e. The number of nitrogens with one attached hydrogen (secondary N) is 1. The van der Waals surface area contributed by atoms with Crippen LogP contribution in [0.5, 0.6) is 0 Å². The van der Waals surface area contributed by atoms with Crippen molar-refractivity contribution in [2.45, 2.75) is 33.3 Å². The topological polar surface area (TPSA) is 74.2 Å². The molecule has 1 aliphatic heterocycles. The summed E-state index contributed by atoms with van der Waals surface area (Å²) in [5.74, 6) is 0. The van der Waals surface area contributed by atoms with E-state index >= 15 is 0 Å². The monoisotopic (exact) mass is 334 g/mol. The molecule has 1 aromatic carbocycles. The Bertz CT molecular complexity index is 590. The average Bonchev–Trinajstić information content (AvgIpc) is 2.53. The molecule has 0 aromatic heterocycles. The van der Waals surface area contributed by atoms with Crippen molar-refractivity contribution in [2.24, 2.45) is 5.18 Å². The smallest absolute Gasteiger partial charge is 0.412 e. The third-order valence-corrected chi connectivity index (χ3v) is 3.90. The first-order valence-electron chi connectivity index (χ1n) is 8.27. The molecule has 1 saturated heterocycles. The Hall–Kier alpha value is -2.15. The molecule has 24 heavy (non-hydrogen) atoms. The van der Waals surface area contributed by atoms with Crippen molar-refractivity contribution in [1.82, 2.24) is 4.90 Å². The number of hydrogen-bond donors (Lipinski definition) is 1. The number of anilines is 2. The summed E-state index contributed by atoms with van der Waals surface area (Å²) in [6.07, 6.45) is -0.600. The lowest BCUT2D eigenvalue weighted by Crippen LogP contribution is -2.46. The maximum Gasteiger partial charge on any atom is 0.412 e. The highest BCUT2D eigenvalue weighted by Gasteiger charge is 2.20. The fraction of sp³-hybridized carbons (Fsp3) is 0.588. The number of rotatable bonds is 4. The van der Waals surface area contributed by atoms with Crippen LogP contribution in [0, 0.1) is 4.91 Å². The summed E-state index contributed by atoms with van der Waals surface area (Å²) in [5.41, 5.74) is 0.902. The van der Waals surface area contributed by atoms with Crippen LogP contribution in [0.2, 0.25) is 0 Å². The lowest BCUT2D eigenvalue weighted by Gasteiger charge is -2.35. The van der Waals surface area contributed by atoms with Crippen LogP contribution in [0.4, 0.5) is 21.9 Å². The highest BCUT2D eigenvalue weighted by atomic mass is 16.6. The van der Waals surface area contributed by atoms with Crippen molar-refractivity contribution in [3.05, 3.63) is 23.1 Å². The van der Waals surface area contributed by atoms with E-state index in [4.69, 9.17) is 4.74 Å². The Labute approximate surface area is 142 Å². The van der Waals surface area contributed by atoms with Crippen LogP contribution in [0.25, 0.3) is 0 Å². The van der Waals surface area contributed by atoms with Gasteiger partial charge in [0.25, 0.3) is 0 Å². The second-order valence-corrected chi connectivity index (χ2v) is 6.84. The van der Waals surface area contributed by atoms with Crippen molar-refractivity contribution in [2.75, 3.05) is 42.9 Å². The quantitative estimate of drug-likeness (QED) is 0.852. The SMILES string of the molecule is CCN1CCN(c2ccc(NC(=O)OC(C)(C)C)c(N=O)c2)CC1. The maximum atomic E-state index is 11.9. The standard InChI is InChI=1S/C17H26N4O3/c1-5-20-8-10-21(11-9-20)13-6-7-14(15(12-13)19-23)18-16(22)24-17(2,3)4/h6-7,12H,5,8-11H2,1-4H3,(H,18,22). The van der Waals surface area contributed by atoms with Gasteiger partial charge in [-0.2, -0.15) is 0 Å². The van der Waals surface area contributed by atoms with Gasteiger partial charge in [-0.15, -0.1) is 4.91 Å². The number of nitroso groups, excluding NO2 is 1. The molecule has 2 rings (SSSR count). The fourth-order valence-electron chi connectivity index (χ4n) is 2.63. The molecule has 1 aromatic rings. The highest BCUT2D eigenvalue weighted by molar-refractivity contribution is 5.89.